The summed E-state index contributed by atoms with van der Waals surface area (Å²) < 4.78 is 23.0. The van der Waals surface area contributed by atoms with Gasteiger partial charge in [-0.25, -0.2) is 8.42 Å². The second-order valence-electron chi connectivity index (χ2n) is 4.59. The summed E-state index contributed by atoms with van der Waals surface area (Å²) >= 11 is 0. The molecule has 0 aliphatic rings. The maximum absolute atomic E-state index is 12.1. The number of hydrogen-bond donors (Lipinski definition) is 1. The molecule has 1 atom stereocenters. The molecule has 0 aliphatic heterocycles. The van der Waals surface area contributed by atoms with Crippen LogP contribution in [0.4, 0.5) is 5.69 Å². The first-order valence-corrected chi connectivity index (χ1v) is 8.43. The van der Waals surface area contributed by atoms with Crippen molar-refractivity contribution in [1.82, 2.24) is 5.32 Å². The molecule has 1 N–H and O–H groups in total. The first kappa shape index (κ1) is 17.4. The van der Waals surface area contributed by atoms with Gasteiger partial charge in [0.25, 0.3) is 20.6 Å². The average Bonchev–Trinajstić information content (AvgIpc) is 2.36. The summed E-state index contributed by atoms with van der Waals surface area (Å²) in [6, 6.07) is 1.74. The highest BCUT2D eigenvalue weighted by Crippen LogP contribution is 2.28. The molecular formula is C12H15ClN2O5S. The Balaban J connectivity index is 3.48. The number of carbonyl (C=O) groups excluding carboxylic acids is 1. The molecule has 0 heterocycles. The van der Waals surface area contributed by atoms with Crippen molar-refractivity contribution < 1.29 is 18.1 Å². The number of benzene rings is 1. The Morgan fingerprint density at radius 2 is 2.05 bits per heavy atom. The van der Waals surface area contributed by atoms with Crippen LogP contribution in [0, 0.1) is 17.0 Å². The number of non-ortho nitro benzene ring substituents is 1. The van der Waals surface area contributed by atoms with Crippen LogP contribution in [0.1, 0.15) is 36.2 Å². The lowest BCUT2D eigenvalue weighted by Crippen LogP contribution is -2.32. The Morgan fingerprint density at radius 3 is 2.48 bits per heavy atom. The Hall–Kier alpha value is -1.67. The van der Waals surface area contributed by atoms with E-state index in [-0.39, 0.29) is 17.2 Å². The summed E-state index contributed by atoms with van der Waals surface area (Å²) in [7, 11) is 1.08. The molecule has 9 heteroatoms. The van der Waals surface area contributed by atoms with E-state index in [0.29, 0.717) is 6.42 Å². The maximum atomic E-state index is 12.1. The van der Waals surface area contributed by atoms with Crippen LogP contribution in [0.5, 0.6) is 0 Å². The van der Waals surface area contributed by atoms with E-state index in [1.807, 2.05) is 6.92 Å². The minimum atomic E-state index is -4.19. The highest BCUT2D eigenvalue weighted by molar-refractivity contribution is 8.13. The predicted octanol–water partition coefficient (Wildman–Crippen LogP) is 2.36. The molecule has 1 amide bonds. The zero-order valence-corrected chi connectivity index (χ0v) is 13.3. The van der Waals surface area contributed by atoms with Gasteiger partial charge < -0.3 is 5.32 Å². The number of halogens is 1. The highest BCUT2D eigenvalue weighted by Gasteiger charge is 2.25. The minimum absolute atomic E-state index is 0.0799. The van der Waals surface area contributed by atoms with Crippen LogP contribution < -0.4 is 5.32 Å². The average molecular weight is 335 g/mol. The van der Waals surface area contributed by atoms with Crippen molar-refractivity contribution in [2.24, 2.45) is 0 Å². The van der Waals surface area contributed by atoms with Gasteiger partial charge in [-0.15, -0.1) is 0 Å². The normalized spacial score (nSPS) is 12.8. The predicted molar refractivity (Wildman–Crippen MR) is 78.1 cm³/mol. The summed E-state index contributed by atoms with van der Waals surface area (Å²) in [5.41, 5.74) is -0.505. The Bertz CT molecular complexity index is 687. The summed E-state index contributed by atoms with van der Waals surface area (Å²) in [6.45, 7) is 5.01. The quantitative estimate of drug-likeness (QED) is 0.505. The van der Waals surface area contributed by atoms with Crippen molar-refractivity contribution in [3.05, 3.63) is 33.4 Å². The largest absolute Gasteiger partial charge is 0.350 e. The monoisotopic (exact) mass is 334 g/mol. The van der Waals surface area contributed by atoms with Crippen LogP contribution in [0.15, 0.2) is 17.0 Å². The number of hydrogen-bond acceptors (Lipinski definition) is 5. The zero-order valence-electron chi connectivity index (χ0n) is 11.7. The number of rotatable bonds is 5. The lowest BCUT2D eigenvalue weighted by Gasteiger charge is -2.14. The molecule has 116 valence electrons. The van der Waals surface area contributed by atoms with Gasteiger partial charge in [-0.1, -0.05) is 6.92 Å². The van der Waals surface area contributed by atoms with E-state index in [9.17, 15) is 23.3 Å². The van der Waals surface area contributed by atoms with Crippen molar-refractivity contribution in [3.63, 3.8) is 0 Å². The van der Waals surface area contributed by atoms with Gasteiger partial charge in [-0.3, -0.25) is 14.9 Å². The van der Waals surface area contributed by atoms with Crippen LogP contribution >= 0.6 is 10.7 Å². The van der Waals surface area contributed by atoms with Crippen molar-refractivity contribution in [2.45, 2.75) is 38.1 Å². The second-order valence-corrected chi connectivity index (χ2v) is 7.13. The fourth-order valence-corrected chi connectivity index (χ4v) is 2.89. The number of nitrogens with one attached hydrogen (secondary N) is 1. The van der Waals surface area contributed by atoms with Gasteiger partial charge in [0.2, 0.25) is 0 Å². The van der Waals surface area contributed by atoms with Crippen molar-refractivity contribution in [2.75, 3.05) is 0 Å². The summed E-state index contributed by atoms with van der Waals surface area (Å²) in [5, 5.41) is 13.5. The van der Waals surface area contributed by atoms with Gasteiger partial charge >= 0.3 is 0 Å². The number of nitrogens with zero attached hydrogens (tertiary/aromatic N) is 1. The fraction of sp³-hybridized carbons (Fsp3) is 0.417. The Morgan fingerprint density at radius 1 is 1.48 bits per heavy atom. The second kappa shape index (κ2) is 6.40. The minimum Gasteiger partial charge on any atom is -0.350 e. The summed E-state index contributed by atoms with van der Waals surface area (Å²) in [5.74, 6) is -0.577. The van der Waals surface area contributed by atoms with Gasteiger partial charge in [-0.05, 0) is 25.8 Å². The third-order valence-corrected chi connectivity index (χ3v) is 4.50. The van der Waals surface area contributed by atoms with E-state index in [1.165, 1.54) is 6.92 Å². The zero-order chi connectivity index (χ0) is 16.4. The molecule has 21 heavy (non-hydrogen) atoms. The summed E-state index contributed by atoms with van der Waals surface area (Å²) in [4.78, 5) is 21.8. The molecule has 1 aromatic rings. The molecular weight excluding hydrogens is 320 g/mol. The molecule has 0 aliphatic carbocycles. The van der Waals surface area contributed by atoms with Crippen molar-refractivity contribution in [1.29, 1.82) is 0 Å². The third kappa shape index (κ3) is 4.15. The molecule has 7 nitrogen and oxygen atoms in total. The van der Waals surface area contributed by atoms with Crippen LogP contribution in [0.2, 0.25) is 0 Å². The summed E-state index contributed by atoms with van der Waals surface area (Å²) in [6.07, 6.45) is 0.667. The standard InChI is InChI=1S/C12H15ClN2O5S/c1-4-7(2)14-12(16)10-5-9(15(17)18)6-11(8(10)3)21(13,19)20/h5-7H,4H2,1-3H3,(H,14,16). The molecule has 0 fully saturated rings. The van der Waals surface area contributed by atoms with Gasteiger partial charge in [0.15, 0.2) is 0 Å². The lowest BCUT2D eigenvalue weighted by molar-refractivity contribution is -0.385. The topological polar surface area (TPSA) is 106 Å². The molecule has 0 saturated carbocycles. The molecule has 1 unspecified atom stereocenters. The van der Waals surface area contributed by atoms with E-state index in [2.05, 4.69) is 5.32 Å². The van der Waals surface area contributed by atoms with Gasteiger partial charge in [-0.2, -0.15) is 0 Å². The first-order chi connectivity index (χ1) is 9.57. The van der Waals surface area contributed by atoms with Crippen LogP contribution in [-0.4, -0.2) is 25.3 Å². The molecule has 1 aromatic carbocycles. The van der Waals surface area contributed by atoms with Crippen molar-refractivity contribution in [3.8, 4) is 0 Å². The van der Waals surface area contributed by atoms with E-state index in [1.54, 1.807) is 6.92 Å². The van der Waals surface area contributed by atoms with E-state index in [0.717, 1.165) is 12.1 Å². The number of amides is 1. The Kier molecular flexibility index (Phi) is 5.30. The molecule has 0 saturated heterocycles. The first-order valence-electron chi connectivity index (χ1n) is 6.12. The maximum Gasteiger partial charge on any atom is 0.271 e. The molecule has 0 spiro atoms. The molecule has 1 rings (SSSR count). The Labute approximate surface area is 126 Å². The van der Waals surface area contributed by atoms with Crippen LogP contribution in [0.3, 0.4) is 0 Å². The third-order valence-electron chi connectivity index (χ3n) is 3.05. The fourth-order valence-electron chi connectivity index (χ4n) is 1.67. The SMILES string of the molecule is CCC(C)NC(=O)c1cc([N+](=O)[O-])cc(S(=O)(=O)Cl)c1C. The number of carbonyl (C=O) groups is 1. The number of nitro benzene ring substituents is 1. The van der Waals surface area contributed by atoms with Crippen molar-refractivity contribution >= 4 is 31.3 Å². The van der Waals surface area contributed by atoms with Gasteiger partial charge in [0.05, 0.1) is 15.4 Å². The molecule has 0 radical (unpaired) electrons. The van der Waals surface area contributed by atoms with E-state index < -0.39 is 30.5 Å². The van der Waals surface area contributed by atoms with E-state index >= 15 is 0 Å². The van der Waals surface area contributed by atoms with E-state index in [4.69, 9.17) is 10.7 Å². The lowest BCUT2D eigenvalue weighted by atomic mass is 10.1. The molecule has 0 bridgehead atoms. The number of nitro groups is 1. The van der Waals surface area contributed by atoms with Crippen LogP contribution in [-0.2, 0) is 9.05 Å². The smallest absolute Gasteiger partial charge is 0.271 e. The van der Waals surface area contributed by atoms with Gasteiger partial charge in [0, 0.05) is 28.9 Å². The van der Waals surface area contributed by atoms with Gasteiger partial charge in [0.1, 0.15) is 0 Å². The highest BCUT2D eigenvalue weighted by atomic mass is 35.7. The van der Waals surface area contributed by atoms with Crippen LogP contribution in [0.25, 0.3) is 0 Å². The molecule has 0 aromatic heterocycles.